The second-order valence-electron chi connectivity index (χ2n) is 3.34. The Kier molecular flexibility index (Phi) is 2.61. The third-order valence-electron chi connectivity index (χ3n) is 2.32. The number of hydrogen-bond acceptors (Lipinski definition) is 1. The number of aromatic nitrogens is 1. The number of halogens is 1. The van der Waals surface area contributed by atoms with E-state index in [9.17, 15) is 0 Å². The van der Waals surface area contributed by atoms with E-state index in [1.165, 1.54) is 0 Å². The lowest BCUT2D eigenvalue weighted by Crippen LogP contribution is -1.82. The van der Waals surface area contributed by atoms with Gasteiger partial charge in [0.25, 0.3) is 0 Å². The number of nitriles is 1. The minimum absolute atomic E-state index is 0.720. The quantitative estimate of drug-likeness (QED) is 0.836. The molecule has 0 saturated carbocycles. The van der Waals surface area contributed by atoms with Gasteiger partial charge in [-0.1, -0.05) is 28.1 Å². The molecule has 0 aliphatic carbocycles. The molecule has 1 aromatic carbocycles. The molecule has 0 radical (unpaired) electrons. The van der Waals surface area contributed by atoms with Gasteiger partial charge in [-0.3, -0.25) is 0 Å². The van der Waals surface area contributed by atoms with Crippen molar-refractivity contribution in [2.45, 2.75) is 6.92 Å². The summed E-state index contributed by atoms with van der Waals surface area (Å²) in [6.07, 6.45) is 1.86. The summed E-state index contributed by atoms with van der Waals surface area (Å²) in [6, 6.07) is 10.1. The second-order valence-corrected chi connectivity index (χ2v) is 4.26. The molecule has 0 aliphatic rings. The molecular weight excluding hydrogens is 252 g/mol. The fourth-order valence-electron chi connectivity index (χ4n) is 1.51. The zero-order valence-corrected chi connectivity index (χ0v) is 9.80. The summed E-state index contributed by atoms with van der Waals surface area (Å²) < 4.78 is 1.04. The topological polar surface area (TPSA) is 39.6 Å². The minimum Gasteiger partial charge on any atom is -0.360 e. The molecule has 0 saturated heterocycles. The van der Waals surface area contributed by atoms with E-state index in [0.29, 0.717) is 0 Å². The van der Waals surface area contributed by atoms with Gasteiger partial charge < -0.3 is 4.98 Å². The van der Waals surface area contributed by atoms with Crippen molar-refractivity contribution < 1.29 is 0 Å². The Morgan fingerprint density at radius 3 is 2.53 bits per heavy atom. The number of rotatable bonds is 1. The van der Waals surface area contributed by atoms with Crippen LogP contribution in [0.4, 0.5) is 0 Å². The maximum Gasteiger partial charge on any atom is 0.102 e. The van der Waals surface area contributed by atoms with Crippen molar-refractivity contribution in [1.29, 1.82) is 5.26 Å². The van der Waals surface area contributed by atoms with E-state index in [2.05, 4.69) is 27.0 Å². The largest absolute Gasteiger partial charge is 0.360 e. The summed E-state index contributed by atoms with van der Waals surface area (Å²) in [5, 5.41) is 9.02. The van der Waals surface area contributed by atoms with E-state index in [1.54, 1.807) is 0 Å². The summed E-state index contributed by atoms with van der Waals surface area (Å²) in [5.74, 6) is 0. The smallest absolute Gasteiger partial charge is 0.102 e. The Hall–Kier alpha value is -1.53. The van der Waals surface area contributed by atoms with Crippen LogP contribution in [0.15, 0.2) is 34.9 Å². The van der Waals surface area contributed by atoms with Crippen molar-refractivity contribution in [1.82, 2.24) is 4.98 Å². The van der Waals surface area contributed by atoms with Crippen LogP contribution in [-0.2, 0) is 0 Å². The third-order valence-corrected chi connectivity index (χ3v) is 2.85. The van der Waals surface area contributed by atoms with Crippen LogP contribution in [0.3, 0.4) is 0 Å². The molecule has 1 aromatic heterocycles. The summed E-state index contributed by atoms with van der Waals surface area (Å²) in [6.45, 7) is 1.93. The lowest BCUT2D eigenvalue weighted by atomic mass is 10.1. The van der Waals surface area contributed by atoms with E-state index in [0.717, 1.165) is 26.9 Å². The van der Waals surface area contributed by atoms with Gasteiger partial charge in [-0.05, 0) is 30.2 Å². The van der Waals surface area contributed by atoms with E-state index >= 15 is 0 Å². The van der Waals surface area contributed by atoms with E-state index < -0.39 is 0 Å². The van der Waals surface area contributed by atoms with Gasteiger partial charge in [-0.15, -0.1) is 0 Å². The molecule has 3 heteroatoms. The van der Waals surface area contributed by atoms with Gasteiger partial charge in [0.15, 0.2) is 0 Å². The first-order valence-corrected chi connectivity index (χ1v) is 5.35. The van der Waals surface area contributed by atoms with E-state index in [-0.39, 0.29) is 0 Å². The van der Waals surface area contributed by atoms with Crippen LogP contribution < -0.4 is 0 Å². The highest BCUT2D eigenvalue weighted by atomic mass is 79.9. The number of aromatic amines is 1. The fourth-order valence-corrected chi connectivity index (χ4v) is 1.77. The number of H-pyrrole nitrogens is 1. The molecule has 15 heavy (non-hydrogen) atoms. The first kappa shape index (κ1) is 10.0. The highest BCUT2D eigenvalue weighted by molar-refractivity contribution is 9.10. The first-order chi connectivity index (χ1) is 7.22. The van der Waals surface area contributed by atoms with Crippen molar-refractivity contribution in [2.75, 3.05) is 0 Å². The highest BCUT2D eigenvalue weighted by Gasteiger charge is 2.08. The summed E-state index contributed by atoms with van der Waals surface area (Å²) in [4.78, 5) is 3.12. The van der Waals surface area contributed by atoms with Gasteiger partial charge in [-0.25, -0.2) is 0 Å². The molecule has 0 amide bonds. The second kappa shape index (κ2) is 3.92. The Morgan fingerprint density at radius 1 is 1.27 bits per heavy atom. The standard InChI is InChI=1S/C12H9BrN2/c1-8-7-15-12(11(8)6-14)9-2-4-10(13)5-3-9/h2-5,7,15H,1H3. The van der Waals surface area contributed by atoms with Crippen molar-refractivity contribution in [2.24, 2.45) is 0 Å². The number of hydrogen-bond donors (Lipinski definition) is 1. The van der Waals surface area contributed by atoms with Crippen molar-refractivity contribution in [3.05, 3.63) is 46.1 Å². The van der Waals surface area contributed by atoms with Gasteiger partial charge in [0.2, 0.25) is 0 Å². The van der Waals surface area contributed by atoms with Crippen LogP contribution in [0, 0.1) is 18.3 Å². The fraction of sp³-hybridized carbons (Fsp3) is 0.0833. The Labute approximate surface area is 96.7 Å². The molecule has 0 fully saturated rings. The molecule has 1 N–H and O–H groups in total. The van der Waals surface area contributed by atoms with Crippen LogP contribution in [0.1, 0.15) is 11.1 Å². The molecule has 2 rings (SSSR count). The minimum atomic E-state index is 0.720. The third kappa shape index (κ3) is 1.81. The van der Waals surface area contributed by atoms with Gasteiger partial charge in [-0.2, -0.15) is 5.26 Å². The number of nitrogens with zero attached hydrogens (tertiary/aromatic N) is 1. The zero-order chi connectivity index (χ0) is 10.8. The van der Waals surface area contributed by atoms with Gasteiger partial charge in [0.05, 0.1) is 11.3 Å². The van der Waals surface area contributed by atoms with Gasteiger partial charge in [0.1, 0.15) is 6.07 Å². The van der Waals surface area contributed by atoms with E-state index in [4.69, 9.17) is 5.26 Å². The first-order valence-electron chi connectivity index (χ1n) is 4.56. The van der Waals surface area contributed by atoms with Crippen molar-refractivity contribution in [3.8, 4) is 17.3 Å². The summed E-state index contributed by atoms with van der Waals surface area (Å²) in [7, 11) is 0. The van der Waals surface area contributed by atoms with Crippen molar-refractivity contribution in [3.63, 3.8) is 0 Å². The van der Waals surface area contributed by atoms with Crippen LogP contribution in [-0.4, -0.2) is 4.98 Å². The zero-order valence-electron chi connectivity index (χ0n) is 8.21. The Morgan fingerprint density at radius 2 is 1.93 bits per heavy atom. The number of aryl methyl sites for hydroxylation is 1. The highest BCUT2D eigenvalue weighted by Crippen LogP contribution is 2.25. The number of nitrogens with one attached hydrogen (secondary N) is 1. The number of benzene rings is 1. The average Bonchev–Trinajstić information content (AvgIpc) is 2.61. The maximum absolute atomic E-state index is 9.02. The lowest BCUT2D eigenvalue weighted by molar-refractivity contribution is 1.38. The van der Waals surface area contributed by atoms with Crippen LogP contribution in [0.5, 0.6) is 0 Å². The summed E-state index contributed by atoms with van der Waals surface area (Å²) in [5.41, 5.74) is 3.62. The normalized spacial score (nSPS) is 9.93. The van der Waals surface area contributed by atoms with Crippen LogP contribution >= 0.6 is 15.9 Å². The van der Waals surface area contributed by atoms with Crippen LogP contribution in [0.25, 0.3) is 11.3 Å². The molecule has 2 nitrogen and oxygen atoms in total. The average molecular weight is 261 g/mol. The van der Waals surface area contributed by atoms with Gasteiger partial charge >= 0.3 is 0 Å². The molecule has 0 unspecified atom stereocenters. The molecular formula is C12H9BrN2. The predicted molar refractivity (Wildman–Crippen MR) is 63.4 cm³/mol. The van der Waals surface area contributed by atoms with Crippen LogP contribution in [0.2, 0.25) is 0 Å². The van der Waals surface area contributed by atoms with Crippen molar-refractivity contribution >= 4 is 15.9 Å². The molecule has 0 bridgehead atoms. The van der Waals surface area contributed by atoms with Gasteiger partial charge in [0, 0.05) is 10.7 Å². The lowest BCUT2D eigenvalue weighted by Gasteiger charge is -1.99. The van der Waals surface area contributed by atoms with E-state index in [1.807, 2.05) is 37.4 Å². The Balaban J connectivity index is 2.55. The summed E-state index contributed by atoms with van der Waals surface area (Å²) >= 11 is 3.38. The molecule has 0 spiro atoms. The molecule has 74 valence electrons. The molecule has 1 heterocycles. The SMILES string of the molecule is Cc1c[nH]c(-c2ccc(Br)cc2)c1C#N. The maximum atomic E-state index is 9.02. The Bertz CT molecular complexity index is 518. The predicted octanol–water partition coefficient (Wildman–Crippen LogP) is 3.62. The molecule has 2 aromatic rings. The molecule has 0 aliphatic heterocycles. The molecule has 0 atom stereocenters. The monoisotopic (exact) mass is 260 g/mol.